The molecule has 4 fully saturated rings. The molecule has 1 N–H and O–H groups in total. The number of piperidine rings is 1. The standard InChI is InChI=1S/C24H33F3N4O/c1-17-3-2-12-30(17)19-6-13-29(16-19)18-4-5-21(20(15-18)24(25,26)27)31-14-9-23(22(31)32)7-10-28-11-8-23/h4-5,15,17,19,28H,2-3,6-14,16H2,1H3/t17-,19-/m0/s1. The van der Waals surface area contributed by atoms with Gasteiger partial charge < -0.3 is 15.1 Å². The number of hydrogen-bond donors (Lipinski definition) is 1. The van der Waals surface area contributed by atoms with Gasteiger partial charge in [0.05, 0.1) is 16.7 Å². The molecule has 32 heavy (non-hydrogen) atoms. The lowest BCUT2D eigenvalue weighted by molar-refractivity contribution is -0.137. The first-order valence-corrected chi connectivity index (χ1v) is 12.0. The largest absolute Gasteiger partial charge is 0.418 e. The van der Waals surface area contributed by atoms with Crippen molar-refractivity contribution < 1.29 is 18.0 Å². The zero-order valence-corrected chi connectivity index (χ0v) is 18.8. The number of nitrogens with one attached hydrogen (secondary N) is 1. The van der Waals surface area contributed by atoms with Crippen molar-refractivity contribution >= 4 is 17.3 Å². The number of nitrogens with zero attached hydrogens (tertiary/aromatic N) is 3. The van der Waals surface area contributed by atoms with Crippen molar-refractivity contribution in [3.05, 3.63) is 23.8 Å². The van der Waals surface area contributed by atoms with Crippen molar-refractivity contribution in [2.45, 2.75) is 63.7 Å². The van der Waals surface area contributed by atoms with E-state index in [1.807, 2.05) is 0 Å². The highest BCUT2D eigenvalue weighted by atomic mass is 19.4. The van der Waals surface area contributed by atoms with Crippen LogP contribution in [0.15, 0.2) is 18.2 Å². The lowest BCUT2D eigenvalue weighted by Gasteiger charge is -2.32. The van der Waals surface area contributed by atoms with E-state index < -0.39 is 17.2 Å². The van der Waals surface area contributed by atoms with E-state index >= 15 is 0 Å². The van der Waals surface area contributed by atoms with Gasteiger partial charge in [-0.25, -0.2) is 0 Å². The molecular weight excluding hydrogens is 417 g/mol. The molecule has 1 amide bonds. The summed E-state index contributed by atoms with van der Waals surface area (Å²) in [6.45, 7) is 6.71. The Hall–Kier alpha value is -1.80. The fraction of sp³-hybridized carbons (Fsp3) is 0.708. The van der Waals surface area contributed by atoms with Crippen LogP contribution in [0.4, 0.5) is 24.5 Å². The van der Waals surface area contributed by atoms with Crippen LogP contribution < -0.4 is 15.1 Å². The predicted molar refractivity (Wildman–Crippen MR) is 119 cm³/mol. The van der Waals surface area contributed by atoms with Gasteiger partial charge in [0.15, 0.2) is 0 Å². The first-order chi connectivity index (χ1) is 15.3. The second-order valence-corrected chi connectivity index (χ2v) is 10.1. The van der Waals surface area contributed by atoms with Crippen molar-refractivity contribution in [2.75, 3.05) is 49.1 Å². The highest BCUT2D eigenvalue weighted by Gasteiger charge is 2.49. The van der Waals surface area contributed by atoms with Crippen LogP contribution in [0, 0.1) is 5.41 Å². The molecule has 4 aliphatic heterocycles. The van der Waals surface area contributed by atoms with Crippen LogP contribution in [0.1, 0.15) is 51.0 Å². The highest BCUT2D eigenvalue weighted by molar-refractivity contribution is 6.00. The molecule has 0 aromatic heterocycles. The molecule has 1 aromatic rings. The molecular formula is C24H33F3N4O. The number of carbonyl (C=O) groups excluding carboxylic acids is 1. The number of carbonyl (C=O) groups is 1. The number of rotatable bonds is 3. The lowest BCUT2D eigenvalue weighted by atomic mass is 9.77. The van der Waals surface area contributed by atoms with E-state index in [9.17, 15) is 18.0 Å². The van der Waals surface area contributed by atoms with Crippen molar-refractivity contribution in [1.29, 1.82) is 0 Å². The minimum Gasteiger partial charge on any atom is -0.370 e. The summed E-state index contributed by atoms with van der Waals surface area (Å²) >= 11 is 0. The number of likely N-dealkylation sites (tertiary alicyclic amines) is 1. The van der Waals surface area contributed by atoms with Crippen LogP contribution in [-0.4, -0.2) is 62.2 Å². The Morgan fingerprint density at radius 1 is 1.06 bits per heavy atom. The number of benzene rings is 1. The summed E-state index contributed by atoms with van der Waals surface area (Å²) in [4.78, 5) is 19.2. The summed E-state index contributed by atoms with van der Waals surface area (Å²) in [5.74, 6) is -0.137. The van der Waals surface area contributed by atoms with E-state index in [-0.39, 0.29) is 11.6 Å². The summed E-state index contributed by atoms with van der Waals surface area (Å²) in [5.41, 5.74) is -0.557. The zero-order valence-electron chi connectivity index (χ0n) is 18.8. The Kier molecular flexibility index (Phi) is 5.64. The molecule has 0 bridgehead atoms. The maximum atomic E-state index is 14.1. The number of anilines is 2. The van der Waals surface area contributed by atoms with Crippen LogP contribution in [0.3, 0.4) is 0 Å². The maximum Gasteiger partial charge on any atom is 0.418 e. The molecule has 4 aliphatic rings. The first kappa shape index (κ1) is 22.0. The number of halogens is 3. The number of alkyl halides is 3. The molecule has 4 heterocycles. The summed E-state index contributed by atoms with van der Waals surface area (Å²) in [6.07, 6.45) is 0.912. The summed E-state index contributed by atoms with van der Waals surface area (Å²) < 4.78 is 42.4. The molecule has 0 unspecified atom stereocenters. The van der Waals surface area contributed by atoms with Gasteiger partial charge in [0.2, 0.25) is 5.91 Å². The lowest BCUT2D eigenvalue weighted by Crippen LogP contribution is -2.43. The first-order valence-electron chi connectivity index (χ1n) is 12.0. The normalized spacial score (nSPS) is 28.9. The molecule has 5 nitrogen and oxygen atoms in total. The molecule has 8 heteroatoms. The van der Waals surface area contributed by atoms with E-state index in [1.54, 1.807) is 6.07 Å². The average Bonchev–Trinajstić information content (AvgIpc) is 3.48. The molecule has 1 spiro atoms. The zero-order chi connectivity index (χ0) is 22.5. The summed E-state index contributed by atoms with van der Waals surface area (Å²) in [5, 5.41) is 3.25. The Morgan fingerprint density at radius 3 is 2.53 bits per heavy atom. The van der Waals surface area contributed by atoms with Gasteiger partial charge in [0, 0.05) is 37.4 Å². The number of hydrogen-bond acceptors (Lipinski definition) is 4. The van der Waals surface area contributed by atoms with Gasteiger partial charge in [-0.2, -0.15) is 13.2 Å². The van der Waals surface area contributed by atoms with Gasteiger partial charge in [-0.3, -0.25) is 9.69 Å². The summed E-state index contributed by atoms with van der Waals surface area (Å²) in [7, 11) is 0. The van der Waals surface area contributed by atoms with E-state index in [2.05, 4.69) is 22.0 Å². The quantitative estimate of drug-likeness (QED) is 0.759. The third-order valence-corrected chi connectivity index (χ3v) is 8.25. The minimum absolute atomic E-state index is 0.0190. The van der Waals surface area contributed by atoms with E-state index in [4.69, 9.17) is 0 Å². The smallest absolute Gasteiger partial charge is 0.370 e. The van der Waals surface area contributed by atoms with Crippen LogP contribution in [0.5, 0.6) is 0 Å². The van der Waals surface area contributed by atoms with Crippen LogP contribution >= 0.6 is 0 Å². The van der Waals surface area contributed by atoms with Gasteiger partial charge in [0.1, 0.15) is 0 Å². The van der Waals surface area contributed by atoms with Crippen molar-refractivity contribution in [3.8, 4) is 0 Å². The van der Waals surface area contributed by atoms with E-state index in [0.29, 0.717) is 43.6 Å². The van der Waals surface area contributed by atoms with Crippen molar-refractivity contribution in [3.63, 3.8) is 0 Å². The molecule has 5 rings (SSSR count). The second-order valence-electron chi connectivity index (χ2n) is 10.1. The Balaban J connectivity index is 1.39. The third-order valence-electron chi connectivity index (χ3n) is 8.25. The van der Waals surface area contributed by atoms with Crippen LogP contribution in [0.2, 0.25) is 0 Å². The molecule has 176 valence electrons. The van der Waals surface area contributed by atoms with Gasteiger partial charge in [-0.1, -0.05) is 0 Å². The molecule has 4 saturated heterocycles. The third kappa shape index (κ3) is 3.79. The monoisotopic (exact) mass is 450 g/mol. The average molecular weight is 451 g/mol. The molecule has 1 aromatic carbocycles. The van der Waals surface area contributed by atoms with Crippen LogP contribution in [0.25, 0.3) is 0 Å². The van der Waals surface area contributed by atoms with Crippen molar-refractivity contribution in [2.24, 2.45) is 5.41 Å². The van der Waals surface area contributed by atoms with E-state index in [1.165, 1.54) is 29.9 Å². The molecule has 0 saturated carbocycles. The Bertz CT molecular complexity index is 867. The van der Waals surface area contributed by atoms with Gasteiger partial charge in [0.25, 0.3) is 0 Å². The van der Waals surface area contributed by atoms with Crippen molar-refractivity contribution in [1.82, 2.24) is 10.2 Å². The maximum absolute atomic E-state index is 14.1. The van der Waals surface area contributed by atoms with Gasteiger partial charge >= 0.3 is 6.18 Å². The van der Waals surface area contributed by atoms with Gasteiger partial charge in [-0.05, 0) is 83.3 Å². The second kappa shape index (κ2) is 8.20. The van der Waals surface area contributed by atoms with E-state index in [0.717, 1.165) is 39.1 Å². The molecule has 0 radical (unpaired) electrons. The molecule has 0 aliphatic carbocycles. The Morgan fingerprint density at radius 2 is 1.84 bits per heavy atom. The fourth-order valence-corrected chi connectivity index (χ4v) is 6.35. The molecule has 2 atom stereocenters. The van der Waals surface area contributed by atoms with Gasteiger partial charge in [-0.15, -0.1) is 0 Å². The van der Waals surface area contributed by atoms with Crippen LogP contribution in [-0.2, 0) is 11.0 Å². The highest BCUT2D eigenvalue weighted by Crippen LogP contribution is 2.46. The fourth-order valence-electron chi connectivity index (χ4n) is 6.35. The predicted octanol–water partition coefficient (Wildman–Crippen LogP) is 3.87. The topological polar surface area (TPSA) is 38.8 Å². The minimum atomic E-state index is -4.50. The Labute approximate surface area is 187 Å². The SMILES string of the molecule is C[C@H]1CCCN1[C@H]1CCN(c2ccc(N3CCC4(CCNCC4)C3=O)c(C(F)(F)F)c2)C1. The summed E-state index contributed by atoms with van der Waals surface area (Å²) in [6, 6.07) is 5.53. The number of amides is 1.